The van der Waals surface area contributed by atoms with E-state index in [1.807, 2.05) is 23.1 Å². The van der Waals surface area contributed by atoms with Gasteiger partial charge >= 0.3 is 0 Å². The number of fused-ring (bicyclic) bond motifs is 3. The van der Waals surface area contributed by atoms with Gasteiger partial charge < -0.3 is 19.7 Å². The lowest BCUT2D eigenvalue weighted by Gasteiger charge is -2.49. The summed E-state index contributed by atoms with van der Waals surface area (Å²) < 4.78 is 0. The maximum absolute atomic E-state index is 13.2. The Balaban J connectivity index is 1.38. The zero-order valence-electron chi connectivity index (χ0n) is 15.5. The normalized spacial score (nSPS) is 31.1. The van der Waals surface area contributed by atoms with Gasteiger partial charge in [-0.25, -0.2) is 0 Å². The fourth-order valence-corrected chi connectivity index (χ4v) is 5.69. The first kappa shape index (κ1) is 18.8. The summed E-state index contributed by atoms with van der Waals surface area (Å²) >= 11 is 6.27. The molecule has 1 amide bonds. The number of amides is 1. The Hall–Kier alpha value is -1.59. The average Bonchev–Trinajstić information content (AvgIpc) is 2.70. The number of piperazine rings is 1. The lowest BCUT2D eigenvalue weighted by molar-refractivity contribution is -0.917. The number of carbonyl (C=O) groups excluding carboxylic acids is 2. The van der Waals surface area contributed by atoms with Crippen LogP contribution in [0.5, 0.6) is 0 Å². The molecule has 0 aromatic heterocycles. The highest BCUT2D eigenvalue weighted by Crippen LogP contribution is 2.49. The molecule has 0 unspecified atom stereocenters. The average molecular weight is 391 g/mol. The minimum Gasteiger partial charge on any atom is -0.550 e. The molecule has 27 heavy (non-hydrogen) atoms. The predicted octanol–water partition coefficient (Wildman–Crippen LogP) is 0.369. The van der Waals surface area contributed by atoms with E-state index in [2.05, 4.69) is 6.07 Å². The predicted molar refractivity (Wildman–Crippen MR) is 99.9 cm³/mol. The Bertz CT molecular complexity index is 709. The Labute approximate surface area is 165 Å². The molecule has 1 aromatic carbocycles. The van der Waals surface area contributed by atoms with Crippen molar-refractivity contribution in [3.05, 3.63) is 34.9 Å². The van der Waals surface area contributed by atoms with Gasteiger partial charge in [-0.1, -0.05) is 29.8 Å². The Morgan fingerprint density at radius 2 is 1.63 bits per heavy atom. The van der Waals surface area contributed by atoms with E-state index in [9.17, 15) is 14.7 Å². The third kappa shape index (κ3) is 3.72. The van der Waals surface area contributed by atoms with Crippen molar-refractivity contribution >= 4 is 23.5 Å². The molecule has 146 valence electrons. The highest BCUT2D eigenvalue weighted by atomic mass is 35.5. The number of aliphatic carboxylic acids is 1. The molecule has 1 N–H and O–H groups in total. The van der Waals surface area contributed by atoms with Crippen LogP contribution in [-0.2, 0) is 16.1 Å². The van der Waals surface area contributed by atoms with E-state index in [0.29, 0.717) is 13.1 Å². The van der Waals surface area contributed by atoms with Gasteiger partial charge in [0, 0.05) is 28.4 Å². The summed E-state index contributed by atoms with van der Waals surface area (Å²) in [5.41, 5.74) is 1.13. The summed E-state index contributed by atoms with van der Waals surface area (Å²) in [5.74, 6) is -1.58. The summed E-state index contributed by atoms with van der Waals surface area (Å²) in [6.45, 7) is 3.97. The first-order valence-electron chi connectivity index (χ1n) is 10.1. The number of benzene rings is 1. The van der Waals surface area contributed by atoms with Crippen LogP contribution in [0.4, 0.5) is 0 Å². The van der Waals surface area contributed by atoms with Gasteiger partial charge in [0.1, 0.15) is 6.54 Å². The minimum atomic E-state index is -1.02. The van der Waals surface area contributed by atoms with E-state index in [0.717, 1.165) is 55.9 Å². The SMILES string of the molecule is O=C([O-])[C@@H]1C2CCC(CC2)[C@@H]1C(=O)N1CC[NH+](Cc2ccccc2Cl)CC1. The van der Waals surface area contributed by atoms with Crippen LogP contribution in [-0.4, -0.2) is 43.0 Å². The highest BCUT2D eigenvalue weighted by molar-refractivity contribution is 6.31. The maximum atomic E-state index is 13.2. The van der Waals surface area contributed by atoms with Crippen molar-refractivity contribution in [2.75, 3.05) is 26.2 Å². The summed E-state index contributed by atoms with van der Waals surface area (Å²) in [4.78, 5) is 28.2. The van der Waals surface area contributed by atoms with E-state index in [-0.39, 0.29) is 23.7 Å². The number of nitrogens with one attached hydrogen (secondary N) is 1. The first-order chi connectivity index (χ1) is 13.0. The number of halogens is 1. The second kappa shape index (κ2) is 7.80. The van der Waals surface area contributed by atoms with Gasteiger partial charge in [-0.05, 0) is 43.6 Å². The fourth-order valence-electron chi connectivity index (χ4n) is 5.49. The van der Waals surface area contributed by atoms with Crippen LogP contribution in [0.1, 0.15) is 31.2 Å². The summed E-state index contributed by atoms with van der Waals surface area (Å²) in [7, 11) is 0. The van der Waals surface area contributed by atoms with Crippen molar-refractivity contribution < 1.29 is 19.6 Å². The van der Waals surface area contributed by atoms with Crippen molar-refractivity contribution in [3.63, 3.8) is 0 Å². The van der Waals surface area contributed by atoms with Crippen molar-refractivity contribution in [1.29, 1.82) is 0 Å². The quantitative estimate of drug-likeness (QED) is 0.807. The van der Waals surface area contributed by atoms with Crippen LogP contribution < -0.4 is 10.0 Å². The summed E-state index contributed by atoms with van der Waals surface area (Å²) in [6.07, 6.45) is 3.84. The zero-order valence-corrected chi connectivity index (χ0v) is 16.3. The van der Waals surface area contributed by atoms with Gasteiger partial charge in [-0.15, -0.1) is 0 Å². The third-order valence-electron chi connectivity index (χ3n) is 6.96. The number of nitrogens with zero attached hydrogens (tertiary/aromatic N) is 1. The zero-order chi connectivity index (χ0) is 19.0. The number of carbonyl (C=O) groups is 2. The van der Waals surface area contributed by atoms with Gasteiger partial charge in [0.15, 0.2) is 0 Å². The Morgan fingerprint density at radius 1 is 1.04 bits per heavy atom. The lowest BCUT2D eigenvalue weighted by atomic mass is 9.58. The van der Waals surface area contributed by atoms with Crippen LogP contribution in [0.15, 0.2) is 24.3 Å². The summed E-state index contributed by atoms with van der Waals surface area (Å²) in [6, 6.07) is 7.90. The van der Waals surface area contributed by atoms with Crippen LogP contribution in [0.25, 0.3) is 0 Å². The second-order valence-electron chi connectivity index (χ2n) is 8.39. The molecule has 5 rings (SSSR count). The van der Waals surface area contributed by atoms with E-state index < -0.39 is 11.9 Å². The van der Waals surface area contributed by atoms with E-state index in [4.69, 9.17) is 11.6 Å². The third-order valence-corrected chi connectivity index (χ3v) is 7.33. The van der Waals surface area contributed by atoms with Gasteiger partial charge in [0.2, 0.25) is 5.91 Å². The number of carboxylic acids is 1. The molecular formula is C21H27ClN2O3. The second-order valence-corrected chi connectivity index (χ2v) is 8.80. The molecular weight excluding hydrogens is 364 g/mol. The van der Waals surface area contributed by atoms with E-state index in [1.165, 1.54) is 4.90 Å². The molecule has 5 nitrogen and oxygen atoms in total. The largest absolute Gasteiger partial charge is 0.550 e. The molecule has 0 spiro atoms. The molecule has 3 saturated carbocycles. The lowest BCUT2D eigenvalue weighted by Crippen LogP contribution is -3.13. The van der Waals surface area contributed by atoms with Crippen LogP contribution in [0.2, 0.25) is 5.02 Å². The Kier molecular flexibility index (Phi) is 5.42. The summed E-state index contributed by atoms with van der Waals surface area (Å²) in [5, 5.41) is 12.5. The number of hydrogen-bond acceptors (Lipinski definition) is 3. The molecule has 0 radical (unpaired) electrons. The molecule has 6 heteroatoms. The Morgan fingerprint density at radius 3 is 2.22 bits per heavy atom. The van der Waals surface area contributed by atoms with Crippen LogP contribution in [0.3, 0.4) is 0 Å². The minimum absolute atomic E-state index is 0.0513. The number of rotatable bonds is 4. The number of carboxylic acid groups (broad SMARTS) is 1. The molecule has 1 aromatic rings. The van der Waals surface area contributed by atoms with E-state index >= 15 is 0 Å². The van der Waals surface area contributed by atoms with Gasteiger partial charge in [-0.3, -0.25) is 4.79 Å². The molecule has 1 saturated heterocycles. The van der Waals surface area contributed by atoms with Crippen LogP contribution >= 0.6 is 11.6 Å². The molecule has 2 bridgehead atoms. The van der Waals surface area contributed by atoms with Crippen molar-refractivity contribution in [2.45, 2.75) is 32.2 Å². The smallest absolute Gasteiger partial charge is 0.227 e. The molecule has 2 atom stereocenters. The standard InChI is InChI=1S/C21H27ClN2O3/c22-17-4-2-1-3-16(17)13-23-9-11-24(12-10-23)20(25)18-14-5-7-15(8-6-14)19(18)21(26)27/h1-4,14-15,18-19H,5-13H2,(H,26,27)/t14?,15?,18-,19+/m0/s1. The number of quaternary nitrogens is 1. The first-order valence-corrected chi connectivity index (χ1v) is 10.5. The van der Waals surface area contributed by atoms with Gasteiger partial charge in [0.25, 0.3) is 0 Å². The highest BCUT2D eigenvalue weighted by Gasteiger charge is 2.49. The maximum Gasteiger partial charge on any atom is 0.227 e. The molecule has 4 aliphatic rings. The van der Waals surface area contributed by atoms with Crippen molar-refractivity contribution in [3.8, 4) is 0 Å². The fraction of sp³-hybridized carbons (Fsp3) is 0.619. The van der Waals surface area contributed by atoms with Gasteiger partial charge in [0.05, 0.1) is 26.2 Å². The van der Waals surface area contributed by atoms with E-state index in [1.54, 1.807) is 0 Å². The van der Waals surface area contributed by atoms with Gasteiger partial charge in [-0.2, -0.15) is 0 Å². The molecule has 1 aliphatic heterocycles. The monoisotopic (exact) mass is 390 g/mol. The van der Waals surface area contributed by atoms with Crippen molar-refractivity contribution in [2.24, 2.45) is 23.7 Å². The van der Waals surface area contributed by atoms with Crippen molar-refractivity contribution in [1.82, 2.24) is 4.90 Å². The molecule has 4 fully saturated rings. The topological polar surface area (TPSA) is 64.9 Å². The molecule has 3 aliphatic carbocycles. The number of hydrogen-bond donors (Lipinski definition) is 1. The van der Waals surface area contributed by atoms with Crippen LogP contribution in [0, 0.1) is 23.7 Å². The molecule has 1 heterocycles.